The van der Waals surface area contributed by atoms with Crippen molar-refractivity contribution in [2.24, 2.45) is 0 Å². The molecule has 0 atom stereocenters. The zero-order valence-corrected chi connectivity index (χ0v) is 20.9. The Labute approximate surface area is 224 Å². The van der Waals surface area contributed by atoms with Gasteiger partial charge in [0.05, 0.1) is 11.0 Å². The summed E-state index contributed by atoms with van der Waals surface area (Å²) in [6, 6.07) is 37.9. The molecule has 0 saturated heterocycles. The fourth-order valence-electron chi connectivity index (χ4n) is 5.58. The zero-order valence-electron chi connectivity index (χ0n) is 20.9. The molecule has 5 heteroatoms. The first-order chi connectivity index (χ1) is 19.3. The Hall–Kier alpha value is -5.42. The van der Waals surface area contributed by atoms with Crippen LogP contribution in [0, 0.1) is 0 Å². The highest BCUT2D eigenvalue weighted by atomic mass is 15.1. The average Bonchev–Trinajstić information content (AvgIpc) is 3.33. The summed E-state index contributed by atoms with van der Waals surface area (Å²) in [7, 11) is 0. The molecule has 0 saturated carbocycles. The van der Waals surface area contributed by atoms with Crippen molar-refractivity contribution in [2.45, 2.75) is 0 Å². The van der Waals surface area contributed by atoms with E-state index < -0.39 is 0 Å². The number of hydrogen-bond donors (Lipinski definition) is 0. The van der Waals surface area contributed by atoms with Crippen LogP contribution < -0.4 is 0 Å². The van der Waals surface area contributed by atoms with E-state index in [-0.39, 0.29) is 0 Å². The minimum absolute atomic E-state index is 0.607. The standard InChI is InChI=1S/C34H21N5/c1-2-9-22(10-3-1)26-14-6-16-29-31(26)27-19-23-11-4-5-12-24(23)20-30(27)39(29)34-32(25-13-7-17-35-21-25)37-28-15-8-18-36-33(28)38-34/h1-21H. The summed E-state index contributed by atoms with van der Waals surface area (Å²) in [5, 5.41) is 4.73. The van der Waals surface area contributed by atoms with E-state index in [1.807, 2.05) is 30.5 Å². The van der Waals surface area contributed by atoms with Gasteiger partial charge in [0.25, 0.3) is 0 Å². The second-order valence-corrected chi connectivity index (χ2v) is 9.60. The van der Waals surface area contributed by atoms with Crippen molar-refractivity contribution >= 4 is 43.7 Å². The van der Waals surface area contributed by atoms with Crippen LogP contribution in [-0.2, 0) is 0 Å². The smallest absolute Gasteiger partial charge is 0.180 e. The Balaban J connectivity index is 1.58. The third-order valence-corrected chi connectivity index (χ3v) is 7.31. The van der Waals surface area contributed by atoms with Gasteiger partial charge in [0.1, 0.15) is 11.2 Å². The molecule has 4 aromatic heterocycles. The van der Waals surface area contributed by atoms with Gasteiger partial charge in [0.2, 0.25) is 0 Å². The van der Waals surface area contributed by atoms with E-state index in [1.54, 1.807) is 12.4 Å². The van der Waals surface area contributed by atoms with Crippen LogP contribution in [0.1, 0.15) is 0 Å². The van der Waals surface area contributed by atoms with E-state index in [0.29, 0.717) is 5.65 Å². The van der Waals surface area contributed by atoms with E-state index in [9.17, 15) is 0 Å². The van der Waals surface area contributed by atoms with Crippen molar-refractivity contribution in [3.05, 3.63) is 128 Å². The summed E-state index contributed by atoms with van der Waals surface area (Å²) in [5.74, 6) is 0.731. The first kappa shape index (κ1) is 21.6. The molecule has 0 amide bonds. The number of hydrogen-bond acceptors (Lipinski definition) is 4. The molecule has 8 aromatic rings. The van der Waals surface area contributed by atoms with E-state index >= 15 is 0 Å². The van der Waals surface area contributed by atoms with Gasteiger partial charge in [0, 0.05) is 34.9 Å². The van der Waals surface area contributed by atoms with Crippen LogP contribution in [0.25, 0.3) is 71.9 Å². The second kappa shape index (κ2) is 8.57. The van der Waals surface area contributed by atoms with Gasteiger partial charge in [0.15, 0.2) is 11.5 Å². The number of benzene rings is 4. The fourth-order valence-corrected chi connectivity index (χ4v) is 5.58. The van der Waals surface area contributed by atoms with Crippen LogP contribution in [0.5, 0.6) is 0 Å². The fraction of sp³-hybridized carbons (Fsp3) is 0. The van der Waals surface area contributed by atoms with Crippen LogP contribution >= 0.6 is 0 Å². The number of rotatable bonds is 3. The van der Waals surface area contributed by atoms with Crippen LogP contribution in [0.15, 0.2) is 128 Å². The van der Waals surface area contributed by atoms with Crippen LogP contribution in [0.2, 0.25) is 0 Å². The number of aromatic nitrogens is 5. The maximum Gasteiger partial charge on any atom is 0.180 e. The van der Waals surface area contributed by atoms with Crippen molar-refractivity contribution in [2.75, 3.05) is 0 Å². The molecule has 182 valence electrons. The van der Waals surface area contributed by atoms with Gasteiger partial charge < -0.3 is 0 Å². The topological polar surface area (TPSA) is 56.5 Å². The molecule has 0 N–H and O–H groups in total. The molecule has 0 spiro atoms. The van der Waals surface area contributed by atoms with Crippen LogP contribution in [-0.4, -0.2) is 24.5 Å². The molecular weight excluding hydrogens is 478 g/mol. The summed E-state index contributed by atoms with van der Waals surface area (Å²) >= 11 is 0. The van der Waals surface area contributed by atoms with Gasteiger partial charge in [-0.3, -0.25) is 9.55 Å². The van der Waals surface area contributed by atoms with Crippen LogP contribution in [0.4, 0.5) is 0 Å². The van der Waals surface area contributed by atoms with Crippen molar-refractivity contribution in [1.82, 2.24) is 24.5 Å². The molecule has 8 rings (SSSR count). The highest BCUT2D eigenvalue weighted by Crippen LogP contribution is 2.41. The SMILES string of the molecule is c1ccc(-c2cccc3c2c2cc4ccccc4cc2n3-c2nc3ncccc3nc2-c2cccnc2)cc1. The molecule has 4 aromatic carbocycles. The maximum atomic E-state index is 5.14. The Morgan fingerprint density at radius 3 is 2.23 bits per heavy atom. The monoisotopic (exact) mass is 499 g/mol. The van der Waals surface area contributed by atoms with Crippen molar-refractivity contribution in [3.8, 4) is 28.2 Å². The predicted molar refractivity (Wildman–Crippen MR) is 158 cm³/mol. The highest BCUT2D eigenvalue weighted by Gasteiger charge is 2.21. The minimum Gasteiger partial charge on any atom is -0.292 e. The summed E-state index contributed by atoms with van der Waals surface area (Å²) in [5.41, 5.74) is 7.52. The highest BCUT2D eigenvalue weighted by molar-refractivity contribution is 6.18. The van der Waals surface area contributed by atoms with Gasteiger partial charge in [-0.25, -0.2) is 15.0 Å². The molecule has 0 unspecified atom stereocenters. The number of fused-ring (bicyclic) bond motifs is 5. The zero-order chi connectivity index (χ0) is 25.8. The Kier molecular flexibility index (Phi) is 4.76. The number of pyridine rings is 2. The van der Waals surface area contributed by atoms with Gasteiger partial charge in [-0.15, -0.1) is 0 Å². The van der Waals surface area contributed by atoms with Gasteiger partial charge >= 0.3 is 0 Å². The lowest BCUT2D eigenvalue weighted by Gasteiger charge is -2.13. The van der Waals surface area contributed by atoms with E-state index in [2.05, 4.69) is 99.5 Å². The third kappa shape index (κ3) is 3.41. The van der Waals surface area contributed by atoms with E-state index in [4.69, 9.17) is 9.97 Å². The Bertz CT molecular complexity index is 2170. The average molecular weight is 500 g/mol. The van der Waals surface area contributed by atoms with Gasteiger partial charge in [-0.05, 0) is 64.4 Å². The molecular formula is C34H21N5. The molecule has 0 aliphatic carbocycles. The molecule has 0 fully saturated rings. The molecule has 0 bridgehead atoms. The summed E-state index contributed by atoms with van der Waals surface area (Å²) in [6.45, 7) is 0. The lowest BCUT2D eigenvalue weighted by Crippen LogP contribution is -2.04. The van der Waals surface area contributed by atoms with Crippen molar-refractivity contribution < 1.29 is 0 Å². The first-order valence-electron chi connectivity index (χ1n) is 12.9. The summed E-state index contributed by atoms with van der Waals surface area (Å²) in [6.07, 6.45) is 5.38. The second-order valence-electron chi connectivity index (χ2n) is 9.60. The molecule has 5 nitrogen and oxygen atoms in total. The minimum atomic E-state index is 0.607. The molecule has 0 aliphatic heterocycles. The molecule has 4 heterocycles. The normalized spacial score (nSPS) is 11.6. The summed E-state index contributed by atoms with van der Waals surface area (Å²) in [4.78, 5) is 19.2. The maximum absolute atomic E-state index is 5.14. The summed E-state index contributed by atoms with van der Waals surface area (Å²) < 4.78 is 2.24. The first-order valence-corrected chi connectivity index (χ1v) is 12.9. The van der Waals surface area contributed by atoms with E-state index in [0.717, 1.165) is 33.6 Å². The molecule has 0 radical (unpaired) electrons. The lowest BCUT2D eigenvalue weighted by molar-refractivity contribution is 1.06. The largest absolute Gasteiger partial charge is 0.292 e. The van der Waals surface area contributed by atoms with Crippen molar-refractivity contribution in [1.29, 1.82) is 0 Å². The Morgan fingerprint density at radius 2 is 1.38 bits per heavy atom. The van der Waals surface area contributed by atoms with Crippen LogP contribution in [0.3, 0.4) is 0 Å². The molecule has 0 aliphatic rings. The lowest BCUT2D eigenvalue weighted by atomic mass is 9.98. The third-order valence-electron chi connectivity index (χ3n) is 7.31. The predicted octanol–water partition coefficient (Wildman–Crippen LogP) is 8.00. The van der Waals surface area contributed by atoms with Gasteiger partial charge in [-0.2, -0.15) is 0 Å². The molecule has 39 heavy (non-hydrogen) atoms. The van der Waals surface area contributed by atoms with Gasteiger partial charge in [-0.1, -0.05) is 66.7 Å². The van der Waals surface area contributed by atoms with E-state index in [1.165, 1.54) is 32.7 Å². The quantitative estimate of drug-likeness (QED) is 0.247. The number of nitrogens with zero attached hydrogens (tertiary/aromatic N) is 5. The van der Waals surface area contributed by atoms with Crippen molar-refractivity contribution in [3.63, 3.8) is 0 Å². The Morgan fingerprint density at radius 1 is 0.590 bits per heavy atom.